The van der Waals surface area contributed by atoms with Crippen molar-refractivity contribution < 1.29 is 13.9 Å². The number of aromatic nitrogens is 2. The Morgan fingerprint density at radius 1 is 1.00 bits per heavy atom. The Morgan fingerprint density at radius 2 is 1.68 bits per heavy atom. The first-order valence-corrected chi connectivity index (χ1v) is 7.45. The lowest BCUT2D eigenvalue weighted by atomic mass is 10.3. The number of rotatable bonds is 5. The summed E-state index contributed by atoms with van der Waals surface area (Å²) >= 11 is 0. The van der Waals surface area contributed by atoms with Gasteiger partial charge in [-0.1, -0.05) is 0 Å². The number of nitrogens with zero attached hydrogens (tertiary/aromatic N) is 2. The number of carbonyl (C=O) groups excluding carboxylic acids is 1. The van der Waals surface area contributed by atoms with Crippen molar-refractivity contribution in [2.75, 3.05) is 17.7 Å². The molecule has 1 amide bonds. The number of amides is 1. The molecule has 1 heterocycles. The Kier molecular flexibility index (Phi) is 4.84. The maximum Gasteiger partial charge on any atom is 0.274 e. The molecule has 7 heteroatoms. The Balaban J connectivity index is 1.71. The highest BCUT2D eigenvalue weighted by Crippen LogP contribution is 2.16. The van der Waals surface area contributed by atoms with Gasteiger partial charge in [0.1, 0.15) is 17.3 Å². The molecular formula is C18H15FN4O2. The highest BCUT2D eigenvalue weighted by atomic mass is 19.1. The van der Waals surface area contributed by atoms with E-state index < -0.39 is 0 Å². The lowest BCUT2D eigenvalue weighted by Crippen LogP contribution is -2.14. The van der Waals surface area contributed by atoms with Crippen LogP contribution in [0, 0.1) is 5.82 Å². The minimum atomic E-state index is -0.366. The minimum absolute atomic E-state index is 0.204. The Labute approximate surface area is 143 Å². The van der Waals surface area contributed by atoms with Gasteiger partial charge >= 0.3 is 0 Å². The Hall–Kier alpha value is -3.48. The fourth-order valence-corrected chi connectivity index (χ4v) is 2.08. The summed E-state index contributed by atoms with van der Waals surface area (Å²) in [6, 6.07) is 14.2. The zero-order chi connectivity index (χ0) is 17.6. The molecule has 0 aliphatic heterocycles. The number of hydrogen-bond acceptors (Lipinski definition) is 5. The average molecular weight is 338 g/mol. The van der Waals surface area contributed by atoms with E-state index in [2.05, 4.69) is 20.6 Å². The van der Waals surface area contributed by atoms with E-state index >= 15 is 0 Å². The number of ether oxygens (including phenoxy) is 1. The summed E-state index contributed by atoms with van der Waals surface area (Å²) in [6.07, 6.45) is 1.47. The van der Waals surface area contributed by atoms with Gasteiger partial charge in [-0.2, -0.15) is 0 Å². The first kappa shape index (κ1) is 16.4. The maximum absolute atomic E-state index is 12.9. The molecule has 2 aromatic carbocycles. The first-order valence-electron chi connectivity index (χ1n) is 7.45. The van der Waals surface area contributed by atoms with Gasteiger partial charge in [-0.05, 0) is 54.6 Å². The highest BCUT2D eigenvalue weighted by Gasteiger charge is 2.09. The number of carbonyl (C=O) groups is 1. The van der Waals surface area contributed by atoms with Gasteiger partial charge in [-0.3, -0.25) is 4.79 Å². The predicted molar refractivity (Wildman–Crippen MR) is 92.7 cm³/mol. The molecule has 2 N–H and O–H groups in total. The van der Waals surface area contributed by atoms with Crippen molar-refractivity contribution in [3.05, 3.63) is 72.3 Å². The van der Waals surface area contributed by atoms with Crippen LogP contribution in [0.3, 0.4) is 0 Å². The predicted octanol–water partition coefficient (Wildman–Crippen LogP) is 3.62. The largest absolute Gasteiger partial charge is 0.497 e. The van der Waals surface area contributed by atoms with E-state index in [4.69, 9.17) is 4.74 Å². The summed E-state index contributed by atoms with van der Waals surface area (Å²) in [5.41, 5.74) is 1.45. The third kappa shape index (κ3) is 4.29. The summed E-state index contributed by atoms with van der Waals surface area (Å²) in [7, 11) is 1.57. The van der Waals surface area contributed by atoms with Crippen molar-refractivity contribution in [2.45, 2.75) is 0 Å². The fourth-order valence-electron chi connectivity index (χ4n) is 2.08. The van der Waals surface area contributed by atoms with Crippen LogP contribution in [0.1, 0.15) is 10.5 Å². The molecule has 1 aromatic heterocycles. The summed E-state index contributed by atoms with van der Waals surface area (Å²) in [5, 5.41) is 5.67. The van der Waals surface area contributed by atoms with Crippen LogP contribution in [0.4, 0.5) is 21.7 Å². The molecule has 3 aromatic rings. The van der Waals surface area contributed by atoms with E-state index in [1.54, 1.807) is 43.5 Å². The van der Waals surface area contributed by atoms with E-state index in [-0.39, 0.29) is 23.4 Å². The van der Waals surface area contributed by atoms with Crippen LogP contribution in [0.5, 0.6) is 5.75 Å². The van der Waals surface area contributed by atoms with E-state index in [1.807, 2.05) is 0 Å². The standard InChI is InChI=1S/C18H15FN4O2/c1-25-15-8-6-13(7-9-15)21-17(24)16-10-11-20-18(23-16)22-14-4-2-12(19)3-5-14/h2-11H,1H3,(H,21,24)(H,20,22,23). The van der Waals surface area contributed by atoms with Crippen LogP contribution in [-0.4, -0.2) is 23.0 Å². The molecule has 3 rings (SSSR count). The number of nitrogens with one attached hydrogen (secondary N) is 2. The van der Waals surface area contributed by atoms with Gasteiger partial charge < -0.3 is 15.4 Å². The second-order valence-corrected chi connectivity index (χ2v) is 5.08. The van der Waals surface area contributed by atoms with Crippen LogP contribution >= 0.6 is 0 Å². The highest BCUT2D eigenvalue weighted by molar-refractivity contribution is 6.03. The van der Waals surface area contributed by atoms with Gasteiger partial charge in [0, 0.05) is 17.6 Å². The van der Waals surface area contributed by atoms with E-state index in [9.17, 15) is 9.18 Å². The Bertz CT molecular complexity index is 867. The van der Waals surface area contributed by atoms with Crippen molar-refractivity contribution in [3.8, 4) is 5.75 Å². The lowest BCUT2D eigenvalue weighted by molar-refractivity contribution is 0.102. The third-order valence-electron chi connectivity index (χ3n) is 3.34. The van der Waals surface area contributed by atoms with Gasteiger partial charge in [0.05, 0.1) is 7.11 Å². The minimum Gasteiger partial charge on any atom is -0.497 e. The van der Waals surface area contributed by atoms with Crippen molar-refractivity contribution in [2.24, 2.45) is 0 Å². The smallest absolute Gasteiger partial charge is 0.274 e. The summed E-state index contributed by atoms with van der Waals surface area (Å²) in [5.74, 6) is 0.244. The van der Waals surface area contributed by atoms with E-state index in [0.29, 0.717) is 17.1 Å². The number of benzene rings is 2. The molecule has 0 bridgehead atoms. The van der Waals surface area contributed by atoms with Crippen LogP contribution < -0.4 is 15.4 Å². The van der Waals surface area contributed by atoms with Gasteiger partial charge in [0.2, 0.25) is 5.95 Å². The SMILES string of the molecule is COc1ccc(NC(=O)c2ccnc(Nc3ccc(F)cc3)n2)cc1. The maximum atomic E-state index is 12.9. The molecule has 0 aliphatic carbocycles. The van der Waals surface area contributed by atoms with Gasteiger partial charge in [-0.15, -0.1) is 0 Å². The van der Waals surface area contributed by atoms with Crippen molar-refractivity contribution >= 4 is 23.2 Å². The molecule has 0 unspecified atom stereocenters. The number of methoxy groups -OCH3 is 1. The van der Waals surface area contributed by atoms with Gasteiger partial charge in [-0.25, -0.2) is 14.4 Å². The van der Waals surface area contributed by atoms with Crippen LogP contribution in [0.2, 0.25) is 0 Å². The third-order valence-corrected chi connectivity index (χ3v) is 3.34. The van der Waals surface area contributed by atoms with Gasteiger partial charge in [0.25, 0.3) is 5.91 Å². The van der Waals surface area contributed by atoms with E-state index in [1.165, 1.54) is 24.4 Å². The summed E-state index contributed by atoms with van der Waals surface area (Å²) in [6.45, 7) is 0. The number of halogens is 1. The first-order chi connectivity index (χ1) is 12.1. The van der Waals surface area contributed by atoms with Crippen molar-refractivity contribution in [1.82, 2.24) is 9.97 Å². The monoisotopic (exact) mass is 338 g/mol. The lowest BCUT2D eigenvalue weighted by Gasteiger charge is -2.08. The topological polar surface area (TPSA) is 76.1 Å². The van der Waals surface area contributed by atoms with Crippen molar-refractivity contribution in [1.29, 1.82) is 0 Å². The molecule has 25 heavy (non-hydrogen) atoms. The number of hydrogen-bond donors (Lipinski definition) is 2. The average Bonchev–Trinajstić information content (AvgIpc) is 2.64. The molecule has 6 nitrogen and oxygen atoms in total. The summed E-state index contributed by atoms with van der Waals surface area (Å²) in [4.78, 5) is 20.5. The molecule has 0 aliphatic rings. The molecular weight excluding hydrogens is 323 g/mol. The molecule has 0 fully saturated rings. The van der Waals surface area contributed by atoms with Crippen LogP contribution in [0.25, 0.3) is 0 Å². The molecule has 0 spiro atoms. The van der Waals surface area contributed by atoms with Crippen molar-refractivity contribution in [3.63, 3.8) is 0 Å². The Morgan fingerprint density at radius 3 is 2.36 bits per heavy atom. The fraction of sp³-hybridized carbons (Fsp3) is 0.0556. The van der Waals surface area contributed by atoms with E-state index in [0.717, 1.165) is 0 Å². The molecule has 0 atom stereocenters. The molecule has 126 valence electrons. The zero-order valence-corrected chi connectivity index (χ0v) is 13.4. The van der Waals surface area contributed by atoms with Crippen LogP contribution in [-0.2, 0) is 0 Å². The zero-order valence-electron chi connectivity index (χ0n) is 13.4. The normalized spacial score (nSPS) is 10.2. The second kappa shape index (κ2) is 7.39. The van der Waals surface area contributed by atoms with Gasteiger partial charge in [0.15, 0.2) is 0 Å². The molecule has 0 saturated heterocycles. The summed E-state index contributed by atoms with van der Waals surface area (Å²) < 4.78 is 18.0. The molecule has 0 radical (unpaired) electrons. The molecule has 0 saturated carbocycles. The quantitative estimate of drug-likeness (QED) is 0.743. The second-order valence-electron chi connectivity index (χ2n) is 5.08. The number of anilines is 3. The van der Waals surface area contributed by atoms with Crippen LogP contribution in [0.15, 0.2) is 60.8 Å².